The molecule has 0 saturated heterocycles. The van der Waals surface area contributed by atoms with Crippen molar-refractivity contribution in [2.75, 3.05) is 13.1 Å². The fourth-order valence-corrected chi connectivity index (χ4v) is 0.899. The molecule has 0 bridgehead atoms. The van der Waals surface area contributed by atoms with E-state index < -0.39 is 11.7 Å². The molecule has 0 aromatic carbocycles. The van der Waals surface area contributed by atoms with E-state index in [1.54, 1.807) is 0 Å². The lowest BCUT2D eigenvalue weighted by Crippen LogP contribution is -2.33. The summed E-state index contributed by atoms with van der Waals surface area (Å²) in [4.78, 5) is 11.1. The summed E-state index contributed by atoms with van der Waals surface area (Å²) in [5.74, 6) is 0. The van der Waals surface area contributed by atoms with E-state index in [-0.39, 0.29) is 0 Å². The molecule has 0 spiro atoms. The monoisotopic (exact) mass is 213 g/mol. The van der Waals surface area contributed by atoms with Crippen LogP contribution in [0.15, 0.2) is 0 Å². The number of nitrogens with one attached hydrogen (secondary N) is 2. The van der Waals surface area contributed by atoms with Crippen molar-refractivity contribution >= 4 is 6.09 Å². The third-order valence-electron chi connectivity index (χ3n) is 1.48. The van der Waals surface area contributed by atoms with Gasteiger partial charge in [0.2, 0.25) is 0 Å². The van der Waals surface area contributed by atoms with Crippen molar-refractivity contribution in [2.45, 2.75) is 39.2 Å². The maximum Gasteiger partial charge on any atom is 0.407 e. The Bertz CT molecular complexity index is 228. The van der Waals surface area contributed by atoms with Crippen LogP contribution in [0.1, 0.15) is 33.6 Å². The van der Waals surface area contributed by atoms with Crippen molar-refractivity contribution in [2.24, 2.45) is 0 Å². The highest BCUT2D eigenvalue weighted by Gasteiger charge is 2.15. The molecule has 0 aliphatic carbocycles. The fourth-order valence-electron chi connectivity index (χ4n) is 0.899. The molecule has 5 nitrogen and oxygen atoms in total. The molecule has 2 N–H and O–H groups in total. The zero-order chi connectivity index (χ0) is 11.7. The molecule has 0 aliphatic heterocycles. The summed E-state index contributed by atoms with van der Waals surface area (Å²) in [7, 11) is 0. The third kappa shape index (κ3) is 10.5. The maximum absolute atomic E-state index is 11.1. The topological polar surface area (TPSA) is 74.2 Å². The number of amides is 1. The minimum Gasteiger partial charge on any atom is -0.444 e. The zero-order valence-electron chi connectivity index (χ0n) is 9.59. The Morgan fingerprint density at radius 2 is 1.93 bits per heavy atom. The molecule has 0 rings (SSSR count). The number of hydrogen-bond donors (Lipinski definition) is 2. The molecule has 5 heteroatoms. The van der Waals surface area contributed by atoms with Gasteiger partial charge in [-0.05, 0) is 33.6 Å². The van der Waals surface area contributed by atoms with Crippen LogP contribution in [-0.4, -0.2) is 24.8 Å². The number of nitrogens with zero attached hydrogens (tertiary/aromatic N) is 1. The number of nitriles is 1. The van der Waals surface area contributed by atoms with Crippen molar-refractivity contribution in [1.29, 1.82) is 5.26 Å². The lowest BCUT2D eigenvalue weighted by atomic mass is 10.2. The van der Waals surface area contributed by atoms with E-state index in [2.05, 4.69) is 10.6 Å². The normalized spacial score (nSPS) is 10.3. The molecule has 0 saturated carbocycles. The lowest BCUT2D eigenvalue weighted by Gasteiger charge is -2.19. The molecule has 0 aromatic heterocycles. The van der Waals surface area contributed by atoms with E-state index in [0.29, 0.717) is 13.1 Å². The van der Waals surface area contributed by atoms with E-state index in [9.17, 15) is 4.79 Å². The summed E-state index contributed by atoms with van der Waals surface area (Å²) in [6.45, 7) is 6.69. The molecule has 0 aliphatic rings. The fraction of sp³-hybridized carbons (Fsp3) is 0.800. The summed E-state index contributed by atoms with van der Waals surface area (Å²) in [5.41, 5.74) is -0.452. The Balaban J connectivity index is 3.37. The van der Waals surface area contributed by atoms with Crippen LogP contribution in [0.3, 0.4) is 0 Å². The Morgan fingerprint density at radius 1 is 1.33 bits per heavy atom. The van der Waals surface area contributed by atoms with Gasteiger partial charge in [0.25, 0.3) is 0 Å². The van der Waals surface area contributed by atoms with Gasteiger partial charge in [0.05, 0.1) is 0 Å². The Hall–Kier alpha value is -1.44. The first-order valence-corrected chi connectivity index (χ1v) is 5.04. The van der Waals surface area contributed by atoms with Crippen molar-refractivity contribution in [3.05, 3.63) is 0 Å². The highest BCUT2D eigenvalue weighted by atomic mass is 16.6. The Labute approximate surface area is 90.8 Å². The number of alkyl carbamates (subject to hydrolysis) is 1. The quantitative estimate of drug-likeness (QED) is 0.411. The summed E-state index contributed by atoms with van der Waals surface area (Å²) in [6.07, 6.45) is 3.12. The van der Waals surface area contributed by atoms with E-state index in [4.69, 9.17) is 10.00 Å². The van der Waals surface area contributed by atoms with Crippen LogP contribution < -0.4 is 10.6 Å². The molecular formula is C10H19N3O2. The van der Waals surface area contributed by atoms with Crippen LogP contribution >= 0.6 is 0 Å². The largest absolute Gasteiger partial charge is 0.444 e. The average molecular weight is 213 g/mol. The second kappa shape index (κ2) is 6.93. The first kappa shape index (κ1) is 13.6. The van der Waals surface area contributed by atoms with Gasteiger partial charge < -0.3 is 15.4 Å². The second-order valence-corrected chi connectivity index (χ2v) is 4.17. The first-order chi connectivity index (χ1) is 6.95. The van der Waals surface area contributed by atoms with Crippen LogP contribution in [0.25, 0.3) is 0 Å². The molecule has 0 radical (unpaired) electrons. The van der Waals surface area contributed by atoms with Crippen LogP contribution in [0.2, 0.25) is 0 Å². The summed E-state index contributed by atoms with van der Waals surface area (Å²) < 4.78 is 5.05. The molecule has 0 atom stereocenters. The van der Waals surface area contributed by atoms with Gasteiger partial charge in [0, 0.05) is 13.1 Å². The molecule has 1 amide bonds. The molecule has 15 heavy (non-hydrogen) atoms. The van der Waals surface area contributed by atoms with E-state index in [1.807, 2.05) is 27.0 Å². The standard InChI is InChI=1S/C10H19N3O2/c1-10(2,3)15-9(14)13-7-5-4-6-12-8-11/h12H,4-7H2,1-3H3,(H,13,14). The number of carbonyl (C=O) groups excluding carboxylic acids is 1. The van der Waals surface area contributed by atoms with Crippen molar-refractivity contribution in [3.63, 3.8) is 0 Å². The van der Waals surface area contributed by atoms with E-state index in [1.165, 1.54) is 0 Å². The van der Waals surface area contributed by atoms with Crippen LogP contribution in [0, 0.1) is 11.5 Å². The zero-order valence-corrected chi connectivity index (χ0v) is 9.59. The SMILES string of the molecule is CC(C)(C)OC(=O)NCCCCNC#N. The van der Waals surface area contributed by atoms with Gasteiger partial charge >= 0.3 is 6.09 Å². The maximum atomic E-state index is 11.1. The minimum absolute atomic E-state index is 0.393. The summed E-state index contributed by atoms with van der Waals surface area (Å²) in [6, 6.07) is 0. The number of carbonyl (C=O) groups is 1. The Kier molecular flexibility index (Phi) is 6.27. The van der Waals surface area contributed by atoms with Crippen LogP contribution in [-0.2, 0) is 4.74 Å². The summed E-state index contributed by atoms with van der Waals surface area (Å²) in [5, 5.41) is 13.4. The third-order valence-corrected chi connectivity index (χ3v) is 1.48. The van der Waals surface area contributed by atoms with Gasteiger partial charge in [0.1, 0.15) is 5.60 Å². The highest BCUT2D eigenvalue weighted by Crippen LogP contribution is 2.06. The predicted molar refractivity (Wildman–Crippen MR) is 57.1 cm³/mol. The highest BCUT2D eigenvalue weighted by molar-refractivity contribution is 5.67. The molecular weight excluding hydrogens is 194 g/mol. The smallest absolute Gasteiger partial charge is 0.407 e. The molecule has 0 aromatic rings. The predicted octanol–water partition coefficient (Wildman–Crippen LogP) is 1.36. The van der Waals surface area contributed by atoms with Crippen LogP contribution in [0.4, 0.5) is 4.79 Å². The Morgan fingerprint density at radius 3 is 2.47 bits per heavy atom. The van der Waals surface area contributed by atoms with Gasteiger partial charge in [-0.15, -0.1) is 0 Å². The van der Waals surface area contributed by atoms with Crippen molar-refractivity contribution in [3.8, 4) is 6.19 Å². The molecule has 86 valence electrons. The van der Waals surface area contributed by atoms with Gasteiger partial charge in [-0.2, -0.15) is 5.26 Å². The number of ether oxygens (including phenoxy) is 1. The number of hydrogen-bond acceptors (Lipinski definition) is 4. The average Bonchev–Trinajstić information content (AvgIpc) is 2.08. The van der Waals surface area contributed by atoms with Gasteiger partial charge in [0.15, 0.2) is 6.19 Å². The van der Waals surface area contributed by atoms with Gasteiger partial charge in [-0.25, -0.2) is 4.79 Å². The van der Waals surface area contributed by atoms with E-state index in [0.717, 1.165) is 12.8 Å². The van der Waals surface area contributed by atoms with E-state index >= 15 is 0 Å². The van der Waals surface area contributed by atoms with Crippen molar-refractivity contribution < 1.29 is 9.53 Å². The summed E-state index contributed by atoms with van der Waals surface area (Å²) >= 11 is 0. The first-order valence-electron chi connectivity index (χ1n) is 5.04. The molecule has 0 unspecified atom stereocenters. The van der Waals surface area contributed by atoms with Gasteiger partial charge in [-0.3, -0.25) is 0 Å². The minimum atomic E-state index is -0.452. The van der Waals surface area contributed by atoms with Crippen LogP contribution in [0.5, 0.6) is 0 Å². The van der Waals surface area contributed by atoms with Crippen molar-refractivity contribution in [1.82, 2.24) is 10.6 Å². The molecule has 0 heterocycles. The lowest BCUT2D eigenvalue weighted by molar-refractivity contribution is 0.0527. The number of rotatable bonds is 5. The second-order valence-electron chi connectivity index (χ2n) is 4.17. The molecule has 0 fully saturated rings. The van der Waals surface area contributed by atoms with Gasteiger partial charge in [-0.1, -0.05) is 0 Å². The number of unbranched alkanes of at least 4 members (excludes halogenated alkanes) is 1.